The average Bonchev–Trinajstić information content (AvgIpc) is 3.10. The van der Waals surface area contributed by atoms with Crippen LogP contribution in [0.1, 0.15) is 48.9 Å². The van der Waals surface area contributed by atoms with Gasteiger partial charge in [0.25, 0.3) is 0 Å². The average molecular weight is 560 g/mol. The molecule has 0 saturated carbocycles. The van der Waals surface area contributed by atoms with Crippen LogP contribution in [-0.4, -0.2) is 13.8 Å². The van der Waals surface area contributed by atoms with E-state index in [0.29, 0.717) is 5.92 Å². The van der Waals surface area contributed by atoms with Gasteiger partial charge in [-0.05, 0) is 53.8 Å². The monoisotopic (exact) mass is 557 g/mol. The fourth-order valence-corrected chi connectivity index (χ4v) is 8.96. The van der Waals surface area contributed by atoms with Gasteiger partial charge in [0.15, 0.2) is 0 Å². The molecule has 0 amide bonds. The molecule has 1 unspecified atom stereocenters. The molecule has 1 nitrogen and oxygen atoms in total. The molecule has 0 bridgehead atoms. The van der Waals surface area contributed by atoms with E-state index in [4.69, 9.17) is 17.0 Å². The second-order valence-corrected chi connectivity index (χ2v) is 17.4. The Bertz CT molecular complexity index is 1060. The van der Waals surface area contributed by atoms with E-state index in [0.717, 1.165) is 0 Å². The van der Waals surface area contributed by atoms with Gasteiger partial charge in [0.2, 0.25) is 0 Å². The normalized spacial score (nSPS) is 15.7. The molecule has 1 aliphatic carbocycles. The van der Waals surface area contributed by atoms with Crippen LogP contribution in [0.5, 0.6) is 0 Å². The van der Waals surface area contributed by atoms with Gasteiger partial charge in [0, 0.05) is 11.5 Å². The summed E-state index contributed by atoms with van der Waals surface area (Å²) in [4.78, 5) is 4.05. The zero-order valence-corrected chi connectivity index (χ0v) is 24.4. The predicted octanol–water partition coefficient (Wildman–Crippen LogP) is 8.14. The number of fused-ring (bicyclic) bond motifs is 1. The van der Waals surface area contributed by atoms with Gasteiger partial charge in [-0.1, -0.05) is 98.0 Å². The van der Waals surface area contributed by atoms with E-state index in [1.807, 2.05) is 0 Å². The van der Waals surface area contributed by atoms with Crippen molar-refractivity contribution in [3.05, 3.63) is 112 Å². The van der Waals surface area contributed by atoms with Crippen molar-refractivity contribution < 1.29 is 20.8 Å². The van der Waals surface area contributed by atoms with Gasteiger partial charge in [-0.15, -0.1) is 0 Å². The Hall–Kier alpha value is -0.960. The van der Waals surface area contributed by atoms with Crippen LogP contribution >= 0.6 is 17.0 Å². The minimum absolute atomic E-state index is 0.0700. The van der Waals surface area contributed by atoms with E-state index in [2.05, 4.69) is 124 Å². The Morgan fingerprint density at radius 1 is 0.781 bits per heavy atom. The number of halogens is 2. The molecule has 1 N–H and O–H groups in total. The maximum atomic E-state index is 4.93. The van der Waals surface area contributed by atoms with Crippen LogP contribution in [0.3, 0.4) is 0 Å². The molecule has 0 aliphatic heterocycles. The molecule has 0 aromatic heterocycles. The first-order valence-electron chi connectivity index (χ1n) is 10.9. The van der Waals surface area contributed by atoms with Crippen molar-refractivity contribution in [1.29, 1.82) is 0 Å². The van der Waals surface area contributed by atoms with Crippen molar-refractivity contribution in [1.82, 2.24) is 4.98 Å². The Morgan fingerprint density at radius 3 is 1.84 bits per heavy atom. The van der Waals surface area contributed by atoms with Crippen molar-refractivity contribution in [3.63, 3.8) is 0 Å². The number of rotatable bonds is 4. The quantitative estimate of drug-likeness (QED) is 0.318. The zero-order valence-electron chi connectivity index (χ0n) is 19.4. The van der Waals surface area contributed by atoms with Crippen molar-refractivity contribution in [2.45, 2.75) is 45.3 Å². The van der Waals surface area contributed by atoms with Gasteiger partial charge < -0.3 is 4.98 Å². The molecular weight excluding hydrogens is 529 g/mol. The number of hydrogen-bond acceptors (Lipinski definition) is 1. The van der Waals surface area contributed by atoms with Gasteiger partial charge >= 0.3 is 37.9 Å². The summed E-state index contributed by atoms with van der Waals surface area (Å²) in [7, 11) is 7.90. The Kier molecular flexibility index (Phi) is 8.80. The fourth-order valence-electron chi connectivity index (χ4n) is 5.01. The number of hydrogen-bond donors (Lipinski definition) is 1. The van der Waals surface area contributed by atoms with Crippen LogP contribution in [0.2, 0.25) is 13.1 Å². The van der Waals surface area contributed by atoms with E-state index >= 15 is 0 Å². The first-order valence-corrected chi connectivity index (χ1v) is 20.2. The van der Waals surface area contributed by atoms with Crippen LogP contribution in [-0.2, 0) is 20.8 Å². The molecule has 0 radical (unpaired) electrons. The molecule has 32 heavy (non-hydrogen) atoms. The van der Waals surface area contributed by atoms with Gasteiger partial charge in [-0.25, -0.2) is 0 Å². The minimum atomic E-state index is -1.97. The molecule has 0 spiro atoms. The summed E-state index contributed by atoms with van der Waals surface area (Å²) >= 11 is -0.826. The Balaban J connectivity index is 0.000000913. The molecule has 3 aromatic carbocycles. The van der Waals surface area contributed by atoms with Crippen LogP contribution in [0.15, 0.2) is 90.1 Å². The first-order chi connectivity index (χ1) is 15.2. The van der Waals surface area contributed by atoms with Gasteiger partial charge in [0.05, 0.1) is 0 Å². The topological polar surface area (TPSA) is 12.0 Å². The Morgan fingerprint density at radius 2 is 1.28 bits per heavy atom. The third-order valence-electron chi connectivity index (χ3n) is 5.66. The standard InChI is InChI=1S/C27H31NSi.2ClH.Zr/c1-27(2,3)28-29(4,5)26-24(20-14-8-6-9-15-20)22-18-12-13-19-23(22)25(26)21-16-10-7-11-17-21;;;/h6-19,24,28H,1-5H3;2*1H;/q;;;+2/p-2. The van der Waals surface area contributed by atoms with Crippen molar-refractivity contribution >= 4 is 30.8 Å². The third kappa shape index (κ3) is 5.93. The van der Waals surface area contributed by atoms with E-state index in [-0.39, 0.29) is 5.54 Å². The molecule has 1 aliphatic rings. The molecule has 0 heterocycles. The van der Waals surface area contributed by atoms with E-state index in [1.165, 1.54) is 27.8 Å². The van der Waals surface area contributed by atoms with Crippen LogP contribution in [0.25, 0.3) is 5.57 Å². The maximum absolute atomic E-state index is 4.93. The number of nitrogens with one attached hydrogen (secondary N) is 1. The molecule has 1 atom stereocenters. The van der Waals surface area contributed by atoms with Crippen LogP contribution in [0, 0.1) is 0 Å². The van der Waals surface area contributed by atoms with Gasteiger partial charge in [-0.2, -0.15) is 0 Å². The third-order valence-corrected chi connectivity index (χ3v) is 8.92. The number of benzene rings is 3. The van der Waals surface area contributed by atoms with Gasteiger partial charge in [-0.3, -0.25) is 0 Å². The summed E-state index contributed by atoms with van der Waals surface area (Å²) in [6.07, 6.45) is 0. The molecule has 3 aromatic rings. The van der Waals surface area contributed by atoms with E-state index < -0.39 is 29.1 Å². The molecule has 5 heteroatoms. The van der Waals surface area contributed by atoms with Crippen molar-refractivity contribution in [2.75, 3.05) is 0 Å². The fraction of sp³-hybridized carbons (Fsp3) is 0.259. The molecular formula is C27H31Cl2NSiZr. The summed E-state index contributed by atoms with van der Waals surface area (Å²) in [6, 6.07) is 31.0. The molecule has 0 saturated heterocycles. The summed E-state index contributed by atoms with van der Waals surface area (Å²) in [5, 5.41) is 1.59. The summed E-state index contributed by atoms with van der Waals surface area (Å²) in [6.45, 7) is 11.8. The van der Waals surface area contributed by atoms with E-state index in [9.17, 15) is 0 Å². The second kappa shape index (κ2) is 11.0. The Labute approximate surface area is 213 Å². The second-order valence-electron chi connectivity index (χ2n) is 9.66. The summed E-state index contributed by atoms with van der Waals surface area (Å²) in [5.41, 5.74) is 7.04. The van der Waals surface area contributed by atoms with Crippen molar-refractivity contribution in [3.8, 4) is 0 Å². The number of allylic oxidation sites excluding steroid dienone is 1. The molecule has 166 valence electrons. The summed E-state index contributed by atoms with van der Waals surface area (Å²) < 4.78 is 0. The van der Waals surface area contributed by atoms with Crippen LogP contribution in [0.4, 0.5) is 0 Å². The summed E-state index contributed by atoms with van der Waals surface area (Å²) in [5.74, 6) is 0.305. The zero-order chi connectivity index (χ0) is 23.4. The van der Waals surface area contributed by atoms with Crippen LogP contribution < -0.4 is 4.98 Å². The van der Waals surface area contributed by atoms with Crippen molar-refractivity contribution in [2.24, 2.45) is 0 Å². The molecule has 0 fully saturated rings. The predicted molar refractivity (Wildman–Crippen MR) is 139 cm³/mol. The molecule has 4 rings (SSSR count). The first kappa shape index (κ1) is 25.7. The van der Waals surface area contributed by atoms with E-state index in [1.54, 1.807) is 5.20 Å². The van der Waals surface area contributed by atoms with Gasteiger partial charge in [0.1, 0.15) is 8.24 Å². The SMILES string of the molecule is CC(C)(C)N[Si](C)(C)C1=C(c2ccccc2)c2ccccc2C1c1ccccc1.[Cl][Zr][Cl].